The summed E-state index contributed by atoms with van der Waals surface area (Å²) in [5.41, 5.74) is 6.82. The molecule has 0 aliphatic carbocycles. The molecule has 0 radical (unpaired) electrons. The highest BCUT2D eigenvalue weighted by Crippen LogP contribution is 2.28. The maximum absolute atomic E-state index is 6.00. The van der Waals surface area contributed by atoms with Gasteiger partial charge in [0.25, 0.3) is 0 Å². The summed E-state index contributed by atoms with van der Waals surface area (Å²) in [6.45, 7) is 4.94. The summed E-state index contributed by atoms with van der Waals surface area (Å²) >= 11 is 11.9. The fourth-order valence-electron chi connectivity index (χ4n) is 1.77. The van der Waals surface area contributed by atoms with Crippen LogP contribution in [0.4, 0.5) is 5.69 Å². The topological polar surface area (TPSA) is 29.3 Å². The molecule has 1 aromatic carbocycles. The zero-order valence-corrected chi connectivity index (χ0v) is 11.4. The molecule has 1 rings (SSSR count). The zero-order chi connectivity index (χ0) is 12.3. The summed E-state index contributed by atoms with van der Waals surface area (Å²) in [6.07, 6.45) is 0. The van der Waals surface area contributed by atoms with E-state index in [9.17, 15) is 0 Å². The molecule has 2 N–H and O–H groups in total. The van der Waals surface area contributed by atoms with Crippen LogP contribution in [0.3, 0.4) is 0 Å². The lowest BCUT2D eigenvalue weighted by atomic mass is 10.0. The number of nitrogens with zero attached hydrogens (tertiary/aromatic N) is 1. The predicted molar refractivity (Wildman–Crippen MR) is 72.5 cm³/mol. The Labute approximate surface area is 107 Å². The molecular formula is C12H18Cl2N2. The van der Waals surface area contributed by atoms with Crippen LogP contribution in [0, 0.1) is 5.92 Å². The van der Waals surface area contributed by atoms with Gasteiger partial charge in [-0.3, -0.25) is 0 Å². The summed E-state index contributed by atoms with van der Waals surface area (Å²) in [6, 6.07) is 5.94. The monoisotopic (exact) mass is 260 g/mol. The Bertz CT molecular complexity index is 353. The number of hydrogen-bond acceptors (Lipinski definition) is 2. The lowest BCUT2D eigenvalue weighted by Crippen LogP contribution is -2.41. The molecule has 4 heteroatoms. The van der Waals surface area contributed by atoms with Crippen LogP contribution < -0.4 is 10.6 Å². The minimum atomic E-state index is 0.303. The lowest BCUT2D eigenvalue weighted by molar-refractivity contribution is 0.480. The summed E-state index contributed by atoms with van der Waals surface area (Å²) in [5, 5.41) is 1.15. The Kier molecular flexibility index (Phi) is 4.90. The molecule has 1 aromatic rings. The molecule has 0 fully saturated rings. The number of rotatable bonds is 4. The van der Waals surface area contributed by atoms with E-state index in [-0.39, 0.29) is 0 Å². The molecule has 0 amide bonds. The van der Waals surface area contributed by atoms with Gasteiger partial charge in [0.1, 0.15) is 0 Å². The van der Waals surface area contributed by atoms with E-state index in [1.165, 1.54) is 0 Å². The molecular weight excluding hydrogens is 243 g/mol. The van der Waals surface area contributed by atoms with Gasteiger partial charge >= 0.3 is 0 Å². The molecule has 0 aromatic heterocycles. The first kappa shape index (κ1) is 13.6. The van der Waals surface area contributed by atoms with Gasteiger partial charge in [-0.25, -0.2) is 0 Å². The van der Waals surface area contributed by atoms with Crippen LogP contribution in [-0.2, 0) is 0 Å². The maximum atomic E-state index is 6.00. The van der Waals surface area contributed by atoms with Crippen molar-refractivity contribution < 1.29 is 0 Å². The molecule has 1 unspecified atom stereocenters. The fourth-order valence-corrected chi connectivity index (χ4v) is 2.07. The Morgan fingerprint density at radius 3 is 2.31 bits per heavy atom. The number of anilines is 1. The van der Waals surface area contributed by atoms with Crippen molar-refractivity contribution in [2.24, 2.45) is 11.7 Å². The number of nitrogens with two attached hydrogens (primary N) is 1. The highest BCUT2D eigenvalue weighted by Gasteiger charge is 2.17. The van der Waals surface area contributed by atoms with Gasteiger partial charge < -0.3 is 10.6 Å². The molecule has 90 valence electrons. The lowest BCUT2D eigenvalue weighted by Gasteiger charge is -2.32. The SMILES string of the molecule is CC(C)C(CN)N(C)c1ccc(Cl)c(Cl)c1. The van der Waals surface area contributed by atoms with Gasteiger partial charge in [0.05, 0.1) is 10.0 Å². The summed E-state index contributed by atoms with van der Waals surface area (Å²) < 4.78 is 0. The Balaban J connectivity index is 2.94. The van der Waals surface area contributed by atoms with E-state index in [1.54, 1.807) is 0 Å². The van der Waals surface area contributed by atoms with Crippen molar-refractivity contribution in [1.29, 1.82) is 0 Å². The van der Waals surface area contributed by atoms with Crippen molar-refractivity contribution in [2.45, 2.75) is 19.9 Å². The van der Waals surface area contributed by atoms with E-state index in [0.717, 1.165) is 5.69 Å². The molecule has 0 aliphatic heterocycles. The van der Waals surface area contributed by atoms with Crippen LogP contribution in [0.1, 0.15) is 13.8 Å². The molecule has 2 nitrogen and oxygen atoms in total. The largest absolute Gasteiger partial charge is 0.370 e. The van der Waals surface area contributed by atoms with Crippen LogP contribution >= 0.6 is 23.2 Å². The molecule has 0 saturated carbocycles. The highest BCUT2D eigenvalue weighted by molar-refractivity contribution is 6.42. The maximum Gasteiger partial charge on any atom is 0.0612 e. The van der Waals surface area contributed by atoms with E-state index in [1.807, 2.05) is 25.2 Å². The van der Waals surface area contributed by atoms with E-state index < -0.39 is 0 Å². The second-order valence-electron chi connectivity index (χ2n) is 4.26. The molecule has 1 atom stereocenters. The second-order valence-corrected chi connectivity index (χ2v) is 5.07. The van der Waals surface area contributed by atoms with Gasteiger partial charge in [0.15, 0.2) is 0 Å². The summed E-state index contributed by atoms with van der Waals surface area (Å²) in [7, 11) is 2.02. The number of halogens is 2. The van der Waals surface area contributed by atoms with Crippen LogP contribution in [0.5, 0.6) is 0 Å². The standard InChI is InChI=1S/C12H18Cl2N2/c1-8(2)12(7-15)16(3)9-4-5-10(13)11(14)6-9/h4-6,8,12H,7,15H2,1-3H3. The Hall–Kier alpha value is -0.440. The van der Waals surface area contributed by atoms with E-state index in [2.05, 4.69) is 18.7 Å². The summed E-state index contributed by atoms with van der Waals surface area (Å²) in [5.74, 6) is 0.490. The van der Waals surface area contributed by atoms with Crippen molar-refractivity contribution >= 4 is 28.9 Å². The van der Waals surface area contributed by atoms with Gasteiger partial charge in [0, 0.05) is 25.3 Å². The first-order valence-corrected chi connectivity index (χ1v) is 6.11. The average molecular weight is 261 g/mol. The fraction of sp³-hybridized carbons (Fsp3) is 0.500. The minimum absolute atomic E-state index is 0.303. The van der Waals surface area contributed by atoms with Gasteiger partial charge in [-0.2, -0.15) is 0 Å². The highest BCUT2D eigenvalue weighted by atomic mass is 35.5. The van der Waals surface area contributed by atoms with Gasteiger partial charge in [-0.1, -0.05) is 37.0 Å². The zero-order valence-electron chi connectivity index (χ0n) is 9.87. The number of benzene rings is 1. The Morgan fingerprint density at radius 2 is 1.88 bits per heavy atom. The predicted octanol–water partition coefficient (Wildman–Crippen LogP) is 3.41. The first-order valence-electron chi connectivity index (χ1n) is 5.35. The third-order valence-corrected chi connectivity index (χ3v) is 3.56. The van der Waals surface area contributed by atoms with Crippen LogP contribution in [0.15, 0.2) is 18.2 Å². The van der Waals surface area contributed by atoms with Crippen LogP contribution in [0.25, 0.3) is 0 Å². The molecule has 0 spiro atoms. The second kappa shape index (κ2) is 5.76. The third-order valence-electron chi connectivity index (χ3n) is 2.82. The molecule has 0 aliphatic rings. The van der Waals surface area contributed by atoms with Gasteiger partial charge in [-0.05, 0) is 24.1 Å². The van der Waals surface area contributed by atoms with E-state index in [4.69, 9.17) is 28.9 Å². The quantitative estimate of drug-likeness (QED) is 0.899. The molecule has 0 saturated heterocycles. The minimum Gasteiger partial charge on any atom is -0.370 e. The van der Waals surface area contributed by atoms with E-state index in [0.29, 0.717) is 28.5 Å². The smallest absolute Gasteiger partial charge is 0.0612 e. The normalized spacial score (nSPS) is 12.9. The van der Waals surface area contributed by atoms with Crippen LogP contribution in [-0.4, -0.2) is 19.6 Å². The number of hydrogen-bond donors (Lipinski definition) is 1. The van der Waals surface area contributed by atoms with Gasteiger partial charge in [0.2, 0.25) is 0 Å². The van der Waals surface area contributed by atoms with Crippen molar-refractivity contribution in [2.75, 3.05) is 18.5 Å². The molecule has 0 bridgehead atoms. The third kappa shape index (κ3) is 3.03. The van der Waals surface area contributed by atoms with Gasteiger partial charge in [-0.15, -0.1) is 0 Å². The van der Waals surface area contributed by atoms with Crippen LogP contribution in [0.2, 0.25) is 10.0 Å². The first-order chi connectivity index (χ1) is 7.47. The Morgan fingerprint density at radius 1 is 1.25 bits per heavy atom. The summed E-state index contributed by atoms with van der Waals surface area (Å²) in [4.78, 5) is 2.15. The number of likely N-dealkylation sites (N-methyl/N-ethyl adjacent to an activating group) is 1. The average Bonchev–Trinajstić information content (AvgIpc) is 2.22. The molecule has 0 heterocycles. The van der Waals surface area contributed by atoms with Crippen molar-refractivity contribution in [3.63, 3.8) is 0 Å². The van der Waals surface area contributed by atoms with Crippen molar-refractivity contribution in [1.82, 2.24) is 0 Å². The van der Waals surface area contributed by atoms with Crippen molar-refractivity contribution in [3.05, 3.63) is 28.2 Å². The van der Waals surface area contributed by atoms with Crippen molar-refractivity contribution in [3.8, 4) is 0 Å². The molecule has 16 heavy (non-hydrogen) atoms. The van der Waals surface area contributed by atoms with E-state index >= 15 is 0 Å².